The average molecular weight is 384 g/mol. The van der Waals surface area contributed by atoms with Crippen molar-refractivity contribution in [1.82, 2.24) is 15.6 Å². The molecule has 4 saturated carbocycles. The number of carbonyl (C=O) groups excluding carboxylic acids is 1. The molecule has 4 aliphatic carbocycles. The number of hydrogen-bond acceptors (Lipinski definition) is 4. The maximum Gasteiger partial charge on any atom is 0.315 e. The zero-order chi connectivity index (χ0) is 18.3. The third kappa shape index (κ3) is 3.68. The van der Waals surface area contributed by atoms with Gasteiger partial charge in [-0.1, -0.05) is 23.5 Å². The van der Waals surface area contributed by atoms with Gasteiger partial charge < -0.3 is 15.4 Å². The van der Waals surface area contributed by atoms with Crippen molar-refractivity contribution in [2.75, 3.05) is 0 Å². The SMILES string of the molecule is O=C(NCc1ccc(Oc2nccs2)cc1)NC12CC3CC(CC(C3)C1)C2. The van der Waals surface area contributed by atoms with Gasteiger partial charge >= 0.3 is 6.03 Å². The van der Waals surface area contributed by atoms with E-state index in [0.717, 1.165) is 29.1 Å². The van der Waals surface area contributed by atoms with Crippen LogP contribution in [0.1, 0.15) is 44.1 Å². The van der Waals surface area contributed by atoms with E-state index < -0.39 is 0 Å². The first kappa shape index (κ1) is 17.0. The molecule has 0 radical (unpaired) electrons. The number of rotatable bonds is 5. The number of hydrogen-bond donors (Lipinski definition) is 2. The molecule has 0 aliphatic heterocycles. The lowest BCUT2D eigenvalue weighted by Crippen LogP contribution is -2.61. The highest BCUT2D eigenvalue weighted by molar-refractivity contribution is 7.11. The average Bonchev–Trinajstić information content (AvgIpc) is 3.12. The summed E-state index contributed by atoms with van der Waals surface area (Å²) in [4.78, 5) is 16.6. The molecule has 2 N–H and O–H groups in total. The Morgan fingerprint density at radius 3 is 2.37 bits per heavy atom. The molecular weight excluding hydrogens is 358 g/mol. The van der Waals surface area contributed by atoms with Crippen molar-refractivity contribution >= 4 is 17.4 Å². The Bertz CT molecular complexity index is 768. The predicted octanol–water partition coefficient (Wildman–Crippen LogP) is 4.70. The van der Waals surface area contributed by atoms with Crippen molar-refractivity contribution in [3.05, 3.63) is 41.4 Å². The topological polar surface area (TPSA) is 63.2 Å². The van der Waals surface area contributed by atoms with Crippen molar-refractivity contribution in [3.63, 3.8) is 0 Å². The number of carbonyl (C=O) groups is 1. The normalized spacial score (nSPS) is 30.9. The van der Waals surface area contributed by atoms with Crippen molar-refractivity contribution < 1.29 is 9.53 Å². The van der Waals surface area contributed by atoms with Crippen LogP contribution in [0.15, 0.2) is 35.8 Å². The standard InChI is InChI=1S/C21H25N3O2S/c25-19(24-21-10-15-7-16(11-21)9-17(8-15)12-21)23-13-14-1-3-18(4-2-14)26-20-22-5-6-27-20/h1-6,15-17H,7-13H2,(H2,23,24,25). The largest absolute Gasteiger partial charge is 0.431 e. The molecular formula is C21H25N3O2S. The van der Waals surface area contributed by atoms with E-state index in [2.05, 4.69) is 15.6 Å². The number of nitrogens with zero attached hydrogens (tertiary/aromatic N) is 1. The van der Waals surface area contributed by atoms with Crippen LogP contribution in [0.4, 0.5) is 4.79 Å². The second-order valence-electron chi connectivity index (χ2n) is 8.55. The maximum absolute atomic E-state index is 12.5. The molecule has 0 atom stereocenters. The van der Waals surface area contributed by atoms with Gasteiger partial charge in [-0.2, -0.15) is 0 Å². The number of nitrogens with one attached hydrogen (secondary N) is 2. The number of urea groups is 1. The van der Waals surface area contributed by atoms with Crippen LogP contribution >= 0.6 is 11.3 Å². The van der Waals surface area contributed by atoms with E-state index >= 15 is 0 Å². The first-order chi connectivity index (χ1) is 13.2. The fraction of sp³-hybridized carbons (Fsp3) is 0.524. The highest BCUT2D eigenvalue weighted by atomic mass is 32.1. The van der Waals surface area contributed by atoms with Gasteiger partial charge in [0.15, 0.2) is 0 Å². The molecule has 1 aromatic heterocycles. The predicted molar refractivity (Wildman–Crippen MR) is 105 cm³/mol. The minimum atomic E-state index is -0.0277. The summed E-state index contributed by atoms with van der Waals surface area (Å²) < 4.78 is 5.67. The van der Waals surface area contributed by atoms with Crippen LogP contribution in [0, 0.1) is 17.8 Å². The number of ether oxygens (including phenoxy) is 1. The summed E-state index contributed by atoms with van der Waals surface area (Å²) in [7, 11) is 0. The Kier molecular flexibility index (Phi) is 4.31. The van der Waals surface area contributed by atoms with Gasteiger partial charge in [-0.15, -0.1) is 0 Å². The monoisotopic (exact) mass is 383 g/mol. The lowest BCUT2D eigenvalue weighted by Gasteiger charge is -2.56. The van der Waals surface area contributed by atoms with Gasteiger partial charge in [0.2, 0.25) is 0 Å². The van der Waals surface area contributed by atoms with E-state index in [1.807, 2.05) is 29.6 Å². The molecule has 2 aromatic rings. The summed E-state index contributed by atoms with van der Waals surface area (Å²) in [5, 5.41) is 8.91. The van der Waals surface area contributed by atoms with Gasteiger partial charge in [0.25, 0.3) is 5.19 Å². The van der Waals surface area contributed by atoms with E-state index in [9.17, 15) is 4.79 Å². The molecule has 0 saturated heterocycles. The molecule has 4 bridgehead atoms. The van der Waals surface area contributed by atoms with E-state index in [0.29, 0.717) is 11.7 Å². The second-order valence-corrected chi connectivity index (χ2v) is 9.41. The van der Waals surface area contributed by atoms with Gasteiger partial charge in [-0.25, -0.2) is 9.78 Å². The smallest absolute Gasteiger partial charge is 0.315 e. The van der Waals surface area contributed by atoms with Gasteiger partial charge in [0.05, 0.1) is 0 Å². The molecule has 4 fully saturated rings. The second kappa shape index (κ2) is 6.82. The van der Waals surface area contributed by atoms with Crippen LogP contribution in [0.25, 0.3) is 0 Å². The van der Waals surface area contributed by atoms with E-state index in [-0.39, 0.29) is 11.6 Å². The van der Waals surface area contributed by atoms with Crippen molar-refractivity contribution in [2.24, 2.45) is 17.8 Å². The van der Waals surface area contributed by atoms with Crippen LogP contribution in [0.2, 0.25) is 0 Å². The Morgan fingerprint density at radius 2 is 1.78 bits per heavy atom. The molecule has 0 spiro atoms. The number of aromatic nitrogens is 1. The molecule has 142 valence electrons. The fourth-order valence-electron chi connectivity index (χ4n) is 5.77. The van der Waals surface area contributed by atoms with Crippen molar-refractivity contribution in [2.45, 2.75) is 50.6 Å². The highest BCUT2D eigenvalue weighted by Gasteiger charge is 2.51. The summed E-state index contributed by atoms with van der Waals surface area (Å²) in [6, 6.07) is 7.76. The van der Waals surface area contributed by atoms with E-state index in [4.69, 9.17) is 4.74 Å². The Balaban J connectivity index is 1.14. The lowest BCUT2D eigenvalue weighted by molar-refractivity contribution is -0.0135. The Hall–Kier alpha value is -2.08. The minimum absolute atomic E-state index is 0.0277. The molecule has 5 nitrogen and oxygen atoms in total. The number of benzene rings is 1. The molecule has 1 aromatic carbocycles. The summed E-state index contributed by atoms with van der Waals surface area (Å²) >= 11 is 1.46. The molecule has 6 rings (SSSR count). The van der Waals surface area contributed by atoms with Gasteiger partial charge in [-0.05, 0) is 74.0 Å². The summed E-state index contributed by atoms with van der Waals surface area (Å²) in [6.45, 7) is 0.524. The van der Waals surface area contributed by atoms with Crippen molar-refractivity contribution in [1.29, 1.82) is 0 Å². The number of thiazole rings is 1. The zero-order valence-corrected chi connectivity index (χ0v) is 16.1. The molecule has 27 heavy (non-hydrogen) atoms. The van der Waals surface area contributed by atoms with Crippen LogP contribution in [0.5, 0.6) is 10.9 Å². The lowest BCUT2D eigenvalue weighted by atomic mass is 9.53. The third-order valence-corrected chi connectivity index (χ3v) is 7.06. The van der Waals surface area contributed by atoms with Gasteiger partial charge in [-0.3, -0.25) is 0 Å². The molecule has 2 amide bonds. The van der Waals surface area contributed by atoms with Crippen LogP contribution in [0.3, 0.4) is 0 Å². The summed E-state index contributed by atoms with van der Waals surface area (Å²) in [5.74, 6) is 3.26. The molecule has 1 heterocycles. The fourth-order valence-corrected chi connectivity index (χ4v) is 6.27. The van der Waals surface area contributed by atoms with Crippen LogP contribution < -0.4 is 15.4 Å². The molecule has 0 unspecified atom stereocenters. The Morgan fingerprint density at radius 1 is 1.11 bits per heavy atom. The zero-order valence-electron chi connectivity index (χ0n) is 15.3. The van der Waals surface area contributed by atoms with Crippen molar-refractivity contribution in [3.8, 4) is 10.9 Å². The first-order valence-corrected chi connectivity index (χ1v) is 10.8. The first-order valence-electron chi connectivity index (χ1n) is 9.88. The minimum Gasteiger partial charge on any atom is -0.431 e. The van der Waals surface area contributed by atoms with E-state index in [1.54, 1.807) is 6.20 Å². The van der Waals surface area contributed by atoms with Gasteiger partial charge in [0.1, 0.15) is 5.75 Å². The highest BCUT2D eigenvalue weighted by Crippen LogP contribution is 2.55. The summed E-state index contributed by atoms with van der Waals surface area (Å²) in [6.07, 6.45) is 9.41. The molecule has 6 heteroatoms. The third-order valence-electron chi connectivity index (χ3n) is 6.41. The number of amides is 2. The van der Waals surface area contributed by atoms with Crippen LogP contribution in [-0.2, 0) is 6.54 Å². The summed E-state index contributed by atoms with van der Waals surface area (Å²) in [5.41, 5.74) is 1.12. The van der Waals surface area contributed by atoms with Gasteiger partial charge in [0, 0.05) is 23.7 Å². The molecule has 4 aliphatic rings. The quantitative estimate of drug-likeness (QED) is 0.786. The van der Waals surface area contributed by atoms with E-state index in [1.165, 1.54) is 49.9 Å². The van der Waals surface area contributed by atoms with Crippen LogP contribution in [-0.4, -0.2) is 16.6 Å². The Labute approximate surface area is 163 Å². The maximum atomic E-state index is 12.5.